The maximum atomic E-state index is 12.7. The molecule has 3 fully saturated rings. The van der Waals surface area contributed by atoms with Gasteiger partial charge in [-0.3, -0.25) is 19.9 Å². The Morgan fingerprint density at radius 1 is 1.19 bits per heavy atom. The summed E-state index contributed by atoms with van der Waals surface area (Å²) in [5.41, 5.74) is -0.705. The first-order valence-corrected chi connectivity index (χ1v) is 10.9. The molecule has 11 nitrogen and oxygen atoms in total. The molecule has 168 valence electrons. The Kier molecular flexibility index (Phi) is 5.03. The van der Waals surface area contributed by atoms with Crippen molar-refractivity contribution < 1.29 is 18.8 Å². The highest BCUT2D eigenvalue weighted by atomic mass is 16.6. The van der Waals surface area contributed by atoms with Gasteiger partial charge in [-0.2, -0.15) is 4.98 Å². The average molecular weight is 441 g/mol. The Balaban J connectivity index is 1.31. The summed E-state index contributed by atoms with van der Waals surface area (Å²) in [6.07, 6.45) is 6.76. The van der Waals surface area contributed by atoms with Gasteiger partial charge in [0.2, 0.25) is 5.71 Å². The van der Waals surface area contributed by atoms with Crippen molar-refractivity contribution in [2.45, 2.75) is 63.3 Å². The highest BCUT2D eigenvalue weighted by Crippen LogP contribution is 2.34. The lowest BCUT2D eigenvalue weighted by Crippen LogP contribution is -2.49. The van der Waals surface area contributed by atoms with E-state index in [-0.39, 0.29) is 23.0 Å². The molecule has 0 bridgehead atoms. The molecule has 1 saturated heterocycles. The van der Waals surface area contributed by atoms with Crippen LogP contribution in [0, 0.1) is 5.92 Å². The Morgan fingerprint density at radius 3 is 2.66 bits per heavy atom. The van der Waals surface area contributed by atoms with E-state index >= 15 is 0 Å². The predicted molar refractivity (Wildman–Crippen MR) is 112 cm³/mol. The zero-order valence-electron chi connectivity index (χ0n) is 17.4. The number of hydrogen-bond donors (Lipinski definition) is 3. The molecular formula is C21H23N5O6. The average Bonchev–Trinajstić information content (AvgIpc) is 3.52. The number of fused-ring (bicyclic) bond motifs is 1. The second kappa shape index (κ2) is 7.88. The van der Waals surface area contributed by atoms with E-state index in [4.69, 9.17) is 9.25 Å². The largest absolute Gasteiger partial charge is 0.403 e. The maximum Gasteiger partial charge on any atom is 0.337 e. The molecule has 2 aromatic rings. The van der Waals surface area contributed by atoms with Crippen LogP contribution in [0.3, 0.4) is 0 Å². The molecule has 0 aromatic carbocycles. The quantitative estimate of drug-likeness (QED) is 0.453. The van der Waals surface area contributed by atoms with Crippen LogP contribution in [-0.2, 0) is 11.2 Å². The Morgan fingerprint density at radius 2 is 1.97 bits per heavy atom. The lowest BCUT2D eigenvalue weighted by atomic mass is 9.81. The fraction of sp³-hybridized carbons (Fsp3) is 0.524. The van der Waals surface area contributed by atoms with Crippen LogP contribution < -0.4 is 26.7 Å². The first-order chi connectivity index (χ1) is 15.4. The van der Waals surface area contributed by atoms with E-state index in [2.05, 4.69) is 25.8 Å². The maximum absolute atomic E-state index is 12.7. The minimum absolute atomic E-state index is 0.0780. The summed E-state index contributed by atoms with van der Waals surface area (Å²) < 4.78 is 5.14. The summed E-state index contributed by atoms with van der Waals surface area (Å²) in [6.45, 7) is 0. The van der Waals surface area contributed by atoms with E-state index in [1.54, 1.807) is 0 Å². The zero-order chi connectivity index (χ0) is 22.3. The molecule has 0 radical (unpaired) electrons. The lowest BCUT2D eigenvalue weighted by Gasteiger charge is -2.30. The van der Waals surface area contributed by atoms with E-state index in [1.165, 1.54) is 18.9 Å². The number of aromatic amines is 1. The number of nitrogens with zero attached hydrogens (tertiary/aromatic N) is 2. The summed E-state index contributed by atoms with van der Waals surface area (Å²) in [5.74, 6) is 0.442. The molecule has 3 amide bonds. The molecule has 3 aliphatic rings. The molecule has 0 atom stereocenters. The van der Waals surface area contributed by atoms with Gasteiger partial charge in [0.15, 0.2) is 0 Å². The number of aromatic nitrogens is 2. The number of imide groups is 1. The zero-order valence-corrected chi connectivity index (χ0v) is 17.4. The van der Waals surface area contributed by atoms with Crippen LogP contribution in [0.25, 0.3) is 11.1 Å². The molecule has 1 aliphatic heterocycles. The Labute approximate surface area is 181 Å². The van der Waals surface area contributed by atoms with E-state index in [0.717, 1.165) is 18.8 Å². The first-order valence-electron chi connectivity index (χ1n) is 10.9. The number of hydrogen-bond acceptors (Lipinski definition) is 8. The number of H-pyrrole nitrogens is 1. The summed E-state index contributed by atoms with van der Waals surface area (Å²) in [7, 11) is 0. The molecule has 3 heterocycles. The van der Waals surface area contributed by atoms with Gasteiger partial charge < -0.3 is 14.6 Å². The highest BCUT2D eigenvalue weighted by molar-refractivity contribution is 6.08. The Bertz CT molecular complexity index is 1230. The number of rotatable bonds is 6. The van der Waals surface area contributed by atoms with Crippen molar-refractivity contribution in [3.63, 3.8) is 0 Å². The van der Waals surface area contributed by atoms with Crippen LogP contribution >= 0.6 is 0 Å². The van der Waals surface area contributed by atoms with Gasteiger partial charge in [0.05, 0.1) is 5.71 Å². The lowest BCUT2D eigenvalue weighted by molar-refractivity contribution is -0.124. The van der Waals surface area contributed by atoms with Gasteiger partial charge in [0.25, 0.3) is 11.5 Å². The van der Waals surface area contributed by atoms with Crippen LogP contribution in [0.4, 0.5) is 4.79 Å². The van der Waals surface area contributed by atoms with Gasteiger partial charge >= 0.3 is 17.7 Å². The van der Waals surface area contributed by atoms with Gasteiger partial charge in [-0.1, -0.05) is 24.4 Å². The van der Waals surface area contributed by atoms with Crippen LogP contribution in [0.2, 0.25) is 0 Å². The second-order valence-electron chi connectivity index (χ2n) is 8.72. The van der Waals surface area contributed by atoms with Crippen LogP contribution in [0.1, 0.15) is 56.9 Å². The fourth-order valence-electron chi connectivity index (χ4n) is 4.40. The van der Waals surface area contributed by atoms with Crippen LogP contribution in [0.5, 0.6) is 6.01 Å². The summed E-state index contributed by atoms with van der Waals surface area (Å²) >= 11 is 0. The summed E-state index contributed by atoms with van der Waals surface area (Å²) in [5, 5.41) is 9.23. The number of carbonyl (C=O) groups excluding carboxylic acids is 2. The van der Waals surface area contributed by atoms with Crippen molar-refractivity contribution >= 4 is 28.7 Å². The molecule has 2 saturated carbocycles. The summed E-state index contributed by atoms with van der Waals surface area (Å²) in [6, 6.07) is 0.682. The van der Waals surface area contributed by atoms with Gasteiger partial charge in [0, 0.05) is 6.07 Å². The monoisotopic (exact) mass is 441 g/mol. The fourth-order valence-corrected chi connectivity index (χ4v) is 4.40. The topological polar surface area (TPSA) is 156 Å². The van der Waals surface area contributed by atoms with Crippen LogP contribution in [-0.4, -0.2) is 33.2 Å². The van der Waals surface area contributed by atoms with E-state index in [1.807, 2.05) is 0 Å². The normalized spacial score (nSPS) is 22.8. The number of oxime groups is 1. The second-order valence-corrected chi connectivity index (χ2v) is 8.72. The van der Waals surface area contributed by atoms with Crippen LogP contribution in [0.15, 0.2) is 25.2 Å². The third-order valence-corrected chi connectivity index (χ3v) is 6.39. The molecule has 1 spiro atoms. The van der Waals surface area contributed by atoms with Crippen molar-refractivity contribution in [2.24, 2.45) is 11.1 Å². The van der Waals surface area contributed by atoms with Crippen molar-refractivity contribution in [2.75, 3.05) is 0 Å². The predicted octanol–water partition coefficient (Wildman–Crippen LogP) is 1.50. The van der Waals surface area contributed by atoms with Gasteiger partial charge in [-0.05, 0) is 50.0 Å². The number of carbonyl (C=O) groups is 2. The van der Waals surface area contributed by atoms with E-state index in [0.29, 0.717) is 43.4 Å². The molecule has 3 N–H and O–H groups in total. The van der Waals surface area contributed by atoms with Gasteiger partial charge in [-0.15, -0.1) is 0 Å². The number of urea groups is 1. The van der Waals surface area contributed by atoms with Crippen molar-refractivity contribution in [3.8, 4) is 6.01 Å². The smallest absolute Gasteiger partial charge is 0.337 e. The van der Waals surface area contributed by atoms with Gasteiger partial charge in [0.1, 0.15) is 10.9 Å². The third-order valence-electron chi connectivity index (χ3n) is 6.39. The SMILES string of the molecule is O=C1NC(=O)C2(CCC(=NOc3nc4oc(=O)cc(CCCC5CC5)c4c(=O)[nH]3)CC2)N1. The molecule has 32 heavy (non-hydrogen) atoms. The molecule has 11 heteroatoms. The first kappa shape index (κ1) is 20.4. The van der Waals surface area contributed by atoms with Crippen molar-refractivity contribution in [3.05, 3.63) is 32.4 Å². The highest BCUT2D eigenvalue weighted by Gasteiger charge is 2.47. The summed E-state index contributed by atoms with van der Waals surface area (Å²) in [4.78, 5) is 60.0. The minimum atomic E-state index is -0.898. The Hall–Kier alpha value is -3.50. The third kappa shape index (κ3) is 4.02. The number of amides is 3. The number of nitrogens with one attached hydrogen (secondary N) is 3. The van der Waals surface area contributed by atoms with E-state index < -0.39 is 22.8 Å². The molecular weight excluding hydrogens is 418 g/mol. The molecule has 0 unspecified atom stereocenters. The van der Waals surface area contributed by atoms with Crippen molar-refractivity contribution in [1.29, 1.82) is 0 Å². The van der Waals surface area contributed by atoms with E-state index in [9.17, 15) is 19.2 Å². The molecule has 5 rings (SSSR count). The molecule has 2 aliphatic carbocycles. The van der Waals surface area contributed by atoms with Gasteiger partial charge in [-0.25, -0.2) is 9.59 Å². The minimum Gasteiger partial charge on any atom is -0.403 e. The number of aryl methyl sites for hydroxylation is 1. The van der Waals surface area contributed by atoms with Crippen molar-refractivity contribution in [1.82, 2.24) is 20.6 Å². The molecule has 2 aromatic heterocycles. The standard InChI is InChI=1S/C21H23N5O6/c27-14-10-12(3-1-2-11-4-5-11)15-16(28)22-20(23-17(15)31-14)32-26-13-6-8-21(9-7-13)18(29)24-19(30)25-21/h10-11H,1-9H2,(H,22,23,28)(H2,24,25,29,30).